The maximum absolute atomic E-state index is 11.3. The Morgan fingerprint density at radius 1 is 1.43 bits per heavy atom. The highest BCUT2D eigenvalue weighted by molar-refractivity contribution is 5.72. The van der Waals surface area contributed by atoms with Gasteiger partial charge in [0.05, 0.1) is 12.9 Å². The van der Waals surface area contributed by atoms with Gasteiger partial charge in [-0.15, -0.1) is 0 Å². The minimum absolute atomic E-state index is 0.190. The van der Waals surface area contributed by atoms with E-state index in [1.807, 2.05) is 18.4 Å². The summed E-state index contributed by atoms with van der Waals surface area (Å²) >= 11 is 0. The van der Waals surface area contributed by atoms with Crippen molar-refractivity contribution in [1.82, 2.24) is 14.5 Å². The normalized spacial score (nSPS) is 11.6. The van der Waals surface area contributed by atoms with Crippen molar-refractivity contribution >= 4 is 17.3 Å². The van der Waals surface area contributed by atoms with Crippen molar-refractivity contribution in [3.63, 3.8) is 0 Å². The topological polar surface area (TPSA) is 92.3 Å². The summed E-state index contributed by atoms with van der Waals surface area (Å²) in [5.74, 6) is 0.190. The molecule has 0 saturated heterocycles. The molecule has 2 heterocycles. The summed E-state index contributed by atoms with van der Waals surface area (Å²) in [5.41, 5.74) is 7.11. The highest BCUT2D eigenvalue weighted by Crippen LogP contribution is 2.17. The molecule has 2 rings (SSSR count). The van der Waals surface area contributed by atoms with Crippen LogP contribution in [0.3, 0.4) is 0 Å². The van der Waals surface area contributed by atoms with Crippen LogP contribution in [-0.4, -0.2) is 32.8 Å². The molecule has 0 aliphatic rings. The molecule has 0 aliphatic carbocycles. The van der Waals surface area contributed by atoms with Gasteiger partial charge in [0.2, 0.25) is 5.88 Å². The lowest BCUT2D eigenvalue weighted by atomic mass is 10.0. The maximum atomic E-state index is 11.3. The number of nitrogens with two attached hydrogens (primary N) is 1. The second-order valence-corrected chi connectivity index (χ2v) is 5.45. The van der Waals surface area contributed by atoms with Crippen LogP contribution in [0, 0.1) is 0 Å². The lowest BCUT2D eigenvalue weighted by molar-refractivity contribution is 0.103. The van der Waals surface area contributed by atoms with Crippen LogP contribution in [0.4, 0.5) is 4.79 Å². The molecule has 0 aliphatic heterocycles. The predicted octanol–water partition coefficient (Wildman–Crippen LogP) is 2.09. The van der Waals surface area contributed by atoms with E-state index in [1.165, 1.54) is 0 Å². The highest BCUT2D eigenvalue weighted by atomic mass is 16.7. The van der Waals surface area contributed by atoms with Crippen molar-refractivity contribution in [3.05, 3.63) is 18.5 Å². The average Bonchev–Trinajstić information content (AvgIpc) is 2.78. The third-order valence-corrected chi connectivity index (χ3v) is 2.88. The Morgan fingerprint density at radius 2 is 2.19 bits per heavy atom. The molecule has 0 spiro atoms. The van der Waals surface area contributed by atoms with Crippen molar-refractivity contribution in [2.75, 3.05) is 6.61 Å². The molecule has 0 saturated carbocycles. The molecule has 0 bridgehead atoms. The molecule has 0 aromatic carbocycles. The summed E-state index contributed by atoms with van der Waals surface area (Å²) < 4.78 is 11.6. The zero-order valence-electron chi connectivity index (χ0n) is 12.5. The standard InChI is InChI=1S/C14H20N4O3/c1-4-20-13(19)21-11-6-5-10-12(17-11)18(9-16-10)8-7-14(2,3)15/h5-6,9H,4,7-8,15H2,1-3H3. The van der Waals surface area contributed by atoms with Crippen LogP contribution in [0.2, 0.25) is 0 Å². The Balaban J connectivity index is 2.18. The number of fused-ring (bicyclic) bond motifs is 1. The molecule has 7 nitrogen and oxygen atoms in total. The van der Waals surface area contributed by atoms with Gasteiger partial charge in [-0.05, 0) is 33.3 Å². The number of imidazole rings is 1. The van der Waals surface area contributed by atoms with E-state index < -0.39 is 6.16 Å². The van der Waals surface area contributed by atoms with Crippen LogP contribution in [-0.2, 0) is 11.3 Å². The Hall–Kier alpha value is -2.15. The summed E-state index contributed by atoms with van der Waals surface area (Å²) in [4.78, 5) is 19.9. The molecule has 0 atom stereocenters. The number of nitrogens with zero attached hydrogens (tertiary/aromatic N) is 3. The number of aromatic nitrogens is 3. The number of carbonyl (C=O) groups is 1. The Morgan fingerprint density at radius 3 is 2.86 bits per heavy atom. The fourth-order valence-electron chi connectivity index (χ4n) is 1.78. The smallest absolute Gasteiger partial charge is 0.434 e. The molecule has 114 valence electrons. The van der Waals surface area contributed by atoms with E-state index in [-0.39, 0.29) is 18.0 Å². The highest BCUT2D eigenvalue weighted by Gasteiger charge is 2.13. The van der Waals surface area contributed by atoms with E-state index in [0.29, 0.717) is 12.2 Å². The Labute approximate surface area is 123 Å². The predicted molar refractivity (Wildman–Crippen MR) is 78.1 cm³/mol. The van der Waals surface area contributed by atoms with Crippen molar-refractivity contribution in [2.45, 2.75) is 39.3 Å². The molecule has 0 amide bonds. The number of carbonyl (C=O) groups excluding carboxylic acids is 1. The molecular formula is C14H20N4O3. The summed E-state index contributed by atoms with van der Waals surface area (Å²) in [6, 6.07) is 3.34. The third kappa shape index (κ3) is 4.16. The number of hydrogen-bond acceptors (Lipinski definition) is 6. The summed E-state index contributed by atoms with van der Waals surface area (Å²) in [5, 5.41) is 0. The monoisotopic (exact) mass is 292 g/mol. The van der Waals surface area contributed by atoms with Crippen LogP contribution < -0.4 is 10.5 Å². The first-order chi connectivity index (χ1) is 9.89. The molecule has 2 aromatic heterocycles. The van der Waals surface area contributed by atoms with E-state index in [1.54, 1.807) is 25.4 Å². The molecule has 0 fully saturated rings. The second kappa shape index (κ2) is 6.09. The first-order valence-electron chi connectivity index (χ1n) is 6.84. The summed E-state index contributed by atoms with van der Waals surface area (Å²) in [6.07, 6.45) is 1.72. The van der Waals surface area contributed by atoms with E-state index in [0.717, 1.165) is 11.9 Å². The van der Waals surface area contributed by atoms with Gasteiger partial charge in [-0.3, -0.25) is 0 Å². The number of ether oxygens (including phenoxy) is 2. The van der Waals surface area contributed by atoms with Gasteiger partial charge in [-0.2, -0.15) is 4.98 Å². The molecular weight excluding hydrogens is 272 g/mol. The van der Waals surface area contributed by atoms with Gasteiger partial charge in [0, 0.05) is 18.2 Å². The maximum Gasteiger partial charge on any atom is 0.515 e. The van der Waals surface area contributed by atoms with Gasteiger partial charge in [0.1, 0.15) is 5.52 Å². The minimum atomic E-state index is -0.765. The average molecular weight is 292 g/mol. The van der Waals surface area contributed by atoms with Crippen molar-refractivity contribution in [1.29, 1.82) is 0 Å². The van der Waals surface area contributed by atoms with Gasteiger partial charge in [0.15, 0.2) is 5.65 Å². The first kappa shape index (κ1) is 15.2. The molecule has 21 heavy (non-hydrogen) atoms. The largest absolute Gasteiger partial charge is 0.515 e. The van der Waals surface area contributed by atoms with Gasteiger partial charge in [0.25, 0.3) is 0 Å². The molecule has 0 unspecified atom stereocenters. The third-order valence-electron chi connectivity index (χ3n) is 2.88. The molecule has 2 N–H and O–H groups in total. The van der Waals surface area contributed by atoms with Crippen LogP contribution in [0.1, 0.15) is 27.2 Å². The number of pyridine rings is 1. The van der Waals surface area contributed by atoms with Crippen LogP contribution in [0.5, 0.6) is 5.88 Å². The zero-order valence-corrected chi connectivity index (χ0v) is 12.5. The van der Waals surface area contributed by atoms with Gasteiger partial charge < -0.3 is 19.8 Å². The Bertz CT molecular complexity index is 631. The number of hydrogen-bond donors (Lipinski definition) is 1. The van der Waals surface area contributed by atoms with Gasteiger partial charge >= 0.3 is 6.16 Å². The number of aryl methyl sites for hydroxylation is 1. The van der Waals surface area contributed by atoms with Gasteiger partial charge in [-0.1, -0.05) is 0 Å². The van der Waals surface area contributed by atoms with Crippen molar-refractivity contribution < 1.29 is 14.3 Å². The van der Waals surface area contributed by atoms with E-state index in [4.69, 9.17) is 15.2 Å². The molecule has 2 aromatic rings. The Kier molecular flexibility index (Phi) is 4.42. The molecule has 7 heteroatoms. The quantitative estimate of drug-likeness (QED) is 0.848. The van der Waals surface area contributed by atoms with E-state index in [9.17, 15) is 4.79 Å². The second-order valence-electron chi connectivity index (χ2n) is 5.45. The minimum Gasteiger partial charge on any atom is -0.434 e. The lowest BCUT2D eigenvalue weighted by Crippen LogP contribution is -2.33. The van der Waals surface area contributed by atoms with E-state index in [2.05, 4.69) is 9.97 Å². The van der Waals surface area contributed by atoms with Gasteiger partial charge in [-0.25, -0.2) is 9.78 Å². The fraction of sp³-hybridized carbons (Fsp3) is 0.500. The van der Waals surface area contributed by atoms with E-state index >= 15 is 0 Å². The SMILES string of the molecule is CCOC(=O)Oc1ccc2ncn(CCC(C)(C)N)c2n1. The van der Waals surface area contributed by atoms with Crippen molar-refractivity contribution in [3.8, 4) is 5.88 Å². The lowest BCUT2D eigenvalue weighted by Gasteiger charge is -2.18. The van der Waals surface area contributed by atoms with Crippen LogP contribution in [0.15, 0.2) is 18.5 Å². The zero-order chi connectivity index (χ0) is 15.5. The summed E-state index contributed by atoms with van der Waals surface area (Å²) in [7, 11) is 0. The molecule has 0 radical (unpaired) electrons. The van der Waals surface area contributed by atoms with Crippen LogP contribution in [0.25, 0.3) is 11.2 Å². The van der Waals surface area contributed by atoms with Crippen LogP contribution >= 0.6 is 0 Å². The number of rotatable bonds is 5. The first-order valence-corrected chi connectivity index (χ1v) is 6.84. The summed E-state index contributed by atoms with van der Waals surface area (Å²) in [6.45, 7) is 6.59. The fourth-order valence-corrected chi connectivity index (χ4v) is 1.78. The van der Waals surface area contributed by atoms with Crippen molar-refractivity contribution in [2.24, 2.45) is 5.73 Å².